The Balaban J connectivity index is 2.55. The molecule has 0 amide bonds. The summed E-state index contributed by atoms with van der Waals surface area (Å²) in [5, 5.41) is 3.01. The monoisotopic (exact) mass is 357 g/mol. The fourth-order valence-electron chi connectivity index (χ4n) is 2.18. The van der Waals surface area contributed by atoms with Crippen molar-refractivity contribution in [1.29, 1.82) is 0 Å². The van der Waals surface area contributed by atoms with Crippen LogP contribution in [0.15, 0.2) is 40.9 Å². The second kappa shape index (κ2) is 7.09. The summed E-state index contributed by atoms with van der Waals surface area (Å²) in [7, 11) is 0. The van der Waals surface area contributed by atoms with Crippen molar-refractivity contribution in [2.45, 2.75) is 19.4 Å². The third kappa shape index (κ3) is 3.66. The van der Waals surface area contributed by atoms with Crippen LogP contribution >= 0.6 is 15.9 Å². The van der Waals surface area contributed by atoms with E-state index in [1.54, 1.807) is 6.07 Å². The molecule has 0 radical (unpaired) electrons. The van der Waals surface area contributed by atoms with Crippen LogP contribution in [-0.2, 0) is 0 Å². The molecule has 0 fully saturated rings. The first kappa shape index (κ1) is 16.0. The largest absolute Gasteiger partial charge is 0.306 e. The number of benzene rings is 2. The SMILES string of the molecule is CCCNC(c1cc(Br)ccc1F)c1c(F)cccc1F. The maximum absolute atomic E-state index is 14.1. The lowest BCUT2D eigenvalue weighted by molar-refractivity contribution is 0.488. The maximum atomic E-state index is 14.1. The topological polar surface area (TPSA) is 12.0 Å². The molecule has 0 spiro atoms. The van der Waals surface area contributed by atoms with E-state index in [1.165, 1.54) is 30.3 Å². The van der Waals surface area contributed by atoms with Gasteiger partial charge in [0.1, 0.15) is 17.5 Å². The van der Waals surface area contributed by atoms with Gasteiger partial charge < -0.3 is 5.32 Å². The number of rotatable bonds is 5. The number of halogens is 4. The third-order valence-corrected chi connectivity index (χ3v) is 3.65. The molecule has 0 aliphatic heterocycles. The van der Waals surface area contributed by atoms with Gasteiger partial charge in [-0.2, -0.15) is 0 Å². The minimum atomic E-state index is -0.872. The second-order valence-corrected chi connectivity index (χ2v) is 5.60. The molecular weight excluding hydrogens is 343 g/mol. The Morgan fingerprint density at radius 3 is 2.33 bits per heavy atom. The minimum absolute atomic E-state index is 0.164. The van der Waals surface area contributed by atoms with Crippen LogP contribution in [0.25, 0.3) is 0 Å². The zero-order chi connectivity index (χ0) is 15.4. The summed E-state index contributed by atoms with van der Waals surface area (Å²) >= 11 is 3.26. The van der Waals surface area contributed by atoms with Crippen molar-refractivity contribution < 1.29 is 13.2 Å². The molecule has 1 atom stereocenters. The van der Waals surface area contributed by atoms with Crippen molar-refractivity contribution in [2.75, 3.05) is 6.54 Å². The Hall–Kier alpha value is -1.33. The highest BCUT2D eigenvalue weighted by atomic mass is 79.9. The van der Waals surface area contributed by atoms with Gasteiger partial charge in [-0.25, -0.2) is 13.2 Å². The standard InChI is InChI=1S/C16H15BrF3N/c1-2-8-21-16(11-9-10(17)6-7-12(11)18)15-13(19)4-3-5-14(15)20/h3-7,9,16,21H,2,8H2,1H3. The Kier molecular flexibility index (Phi) is 5.42. The van der Waals surface area contributed by atoms with Gasteiger partial charge in [0.15, 0.2) is 0 Å². The normalized spacial score (nSPS) is 12.4. The zero-order valence-corrected chi connectivity index (χ0v) is 13.1. The summed E-state index contributed by atoms with van der Waals surface area (Å²) in [6.45, 7) is 2.45. The Morgan fingerprint density at radius 1 is 1.05 bits per heavy atom. The summed E-state index contributed by atoms with van der Waals surface area (Å²) in [5.41, 5.74) is 0.0461. The molecule has 2 aromatic rings. The highest BCUT2D eigenvalue weighted by Crippen LogP contribution is 2.30. The van der Waals surface area contributed by atoms with Gasteiger partial charge in [-0.15, -0.1) is 0 Å². The van der Waals surface area contributed by atoms with Crippen molar-refractivity contribution in [3.63, 3.8) is 0 Å². The lowest BCUT2D eigenvalue weighted by Gasteiger charge is -2.21. The molecule has 2 aromatic carbocycles. The Bertz CT molecular complexity index is 611. The lowest BCUT2D eigenvalue weighted by atomic mass is 9.97. The van der Waals surface area contributed by atoms with Crippen molar-refractivity contribution in [2.24, 2.45) is 0 Å². The van der Waals surface area contributed by atoms with E-state index in [2.05, 4.69) is 21.2 Å². The Labute approximate surface area is 130 Å². The van der Waals surface area contributed by atoms with Gasteiger partial charge in [-0.1, -0.05) is 28.9 Å². The molecular formula is C16H15BrF3N. The van der Waals surface area contributed by atoms with Crippen LogP contribution in [0.1, 0.15) is 30.5 Å². The second-order valence-electron chi connectivity index (χ2n) is 4.69. The molecule has 1 N–H and O–H groups in total. The van der Waals surface area contributed by atoms with Gasteiger partial charge in [0, 0.05) is 15.6 Å². The molecule has 2 rings (SSSR count). The summed E-state index contributed by atoms with van der Waals surface area (Å²) in [4.78, 5) is 0. The van der Waals surface area contributed by atoms with E-state index in [4.69, 9.17) is 0 Å². The molecule has 21 heavy (non-hydrogen) atoms. The van der Waals surface area contributed by atoms with Crippen molar-refractivity contribution in [3.05, 3.63) is 69.4 Å². The number of hydrogen-bond donors (Lipinski definition) is 1. The molecule has 0 aliphatic rings. The summed E-state index contributed by atoms with van der Waals surface area (Å²) in [6.07, 6.45) is 0.766. The molecule has 0 bridgehead atoms. The predicted molar refractivity (Wildman–Crippen MR) is 80.6 cm³/mol. The molecule has 5 heteroatoms. The minimum Gasteiger partial charge on any atom is -0.306 e. The van der Waals surface area contributed by atoms with E-state index in [9.17, 15) is 13.2 Å². The predicted octanol–water partition coefficient (Wildman–Crippen LogP) is 4.96. The van der Waals surface area contributed by atoms with Crippen LogP contribution in [0.5, 0.6) is 0 Å². The number of nitrogens with one attached hydrogen (secondary N) is 1. The number of hydrogen-bond acceptors (Lipinski definition) is 1. The average Bonchev–Trinajstić information content (AvgIpc) is 2.45. The van der Waals surface area contributed by atoms with E-state index < -0.39 is 23.5 Å². The molecule has 0 aromatic heterocycles. The maximum Gasteiger partial charge on any atom is 0.131 e. The van der Waals surface area contributed by atoms with Crippen molar-refractivity contribution >= 4 is 15.9 Å². The van der Waals surface area contributed by atoms with E-state index >= 15 is 0 Å². The van der Waals surface area contributed by atoms with Gasteiger partial charge in [0.25, 0.3) is 0 Å². The molecule has 0 heterocycles. The van der Waals surface area contributed by atoms with Crippen LogP contribution < -0.4 is 5.32 Å². The van der Waals surface area contributed by atoms with Gasteiger partial charge in [0.05, 0.1) is 6.04 Å². The average molecular weight is 358 g/mol. The Morgan fingerprint density at radius 2 is 1.71 bits per heavy atom. The molecule has 1 unspecified atom stereocenters. The summed E-state index contributed by atoms with van der Waals surface area (Å²) in [6, 6.07) is 7.14. The van der Waals surface area contributed by atoms with Crippen LogP contribution in [0.4, 0.5) is 13.2 Å². The molecule has 0 saturated carbocycles. The fraction of sp³-hybridized carbons (Fsp3) is 0.250. The van der Waals surface area contributed by atoms with E-state index in [-0.39, 0.29) is 11.1 Å². The van der Waals surface area contributed by atoms with Crippen molar-refractivity contribution in [1.82, 2.24) is 5.32 Å². The van der Waals surface area contributed by atoms with Crippen LogP contribution in [0.3, 0.4) is 0 Å². The molecule has 0 aliphatic carbocycles. The van der Waals surface area contributed by atoms with Gasteiger partial charge >= 0.3 is 0 Å². The smallest absolute Gasteiger partial charge is 0.131 e. The third-order valence-electron chi connectivity index (χ3n) is 3.16. The van der Waals surface area contributed by atoms with Crippen molar-refractivity contribution in [3.8, 4) is 0 Å². The molecule has 1 nitrogen and oxygen atoms in total. The van der Waals surface area contributed by atoms with E-state index in [1.807, 2.05) is 6.92 Å². The van der Waals surface area contributed by atoms with Crippen LogP contribution in [0, 0.1) is 17.5 Å². The highest BCUT2D eigenvalue weighted by molar-refractivity contribution is 9.10. The first-order valence-electron chi connectivity index (χ1n) is 6.66. The lowest BCUT2D eigenvalue weighted by Crippen LogP contribution is -2.26. The quantitative estimate of drug-likeness (QED) is 0.797. The zero-order valence-electron chi connectivity index (χ0n) is 11.5. The van der Waals surface area contributed by atoms with Crippen LogP contribution in [0.2, 0.25) is 0 Å². The van der Waals surface area contributed by atoms with E-state index in [0.29, 0.717) is 11.0 Å². The molecule has 0 saturated heterocycles. The van der Waals surface area contributed by atoms with E-state index in [0.717, 1.165) is 6.42 Å². The summed E-state index contributed by atoms with van der Waals surface area (Å²) in [5.74, 6) is -1.89. The highest BCUT2D eigenvalue weighted by Gasteiger charge is 2.24. The first-order valence-corrected chi connectivity index (χ1v) is 7.46. The van der Waals surface area contributed by atoms with Gasteiger partial charge in [-0.3, -0.25) is 0 Å². The van der Waals surface area contributed by atoms with Gasteiger partial charge in [0.2, 0.25) is 0 Å². The van der Waals surface area contributed by atoms with Gasteiger partial charge in [-0.05, 0) is 43.3 Å². The fourth-order valence-corrected chi connectivity index (χ4v) is 2.56. The summed E-state index contributed by atoms with van der Waals surface area (Å²) < 4.78 is 42.8. The molecule has 112 valence electrons. The van der Waals surface area contributed by atoms with Crippen LogP contribution in [-0.4, -0.2) is 6.54 Å². The first-order chi connectivity index (χ1) is 10.0.